The molecule has 1 fully saturated rings. The molecule has 0 N–H and O–H groups in total. The van der Waals surface area contributed by atoms with Crippen LogP contribution in [0.3, 0.4) is 0 Å². The number of hydrogen-bond acceptors (Lipinski definition) is 2. The lowest BCUT2D eigenvalue weighted by molar-refractivity contribution is 0.0832. The first kappa shape index (κ1) is 11.6. The molecule has 1 atom stereocenters. The van der Waals surface area contributed by atoms with Gasteiger partial charge in [0.2, 0.25) is 0 Å². The molecule has 1 unspecified atom stereocenters. The van der Waals surface area contributed by atoms with Crippen molar-refractivity contribution < 1.29 is 9.53 Å². The third-order valence-corrected chi connectivity index (χ3v) is 2.76. The normalized spacial score (nSPS) is 20.2. The maximum Gasteiger partial charge on any atom is 0.411 e. The lowest BCUT2D eigenvalue weighted by atomic mass is 9.95. The van der Waals surface area contributed by atoms with Gasteiger partial charge in [-0.2, -0.15) is 0 Å². The van der Waals surface area contributed by atoms with Crippen molar-refractivity contribution in [2.24, 2.45) is 0 Å². The Morgan fingerprint density at radius 1 is 1.43 bits per heavy atom. The minimum absolute atomic E-state index is 0.306. The van der Waals surface area contributed by atoms with Crippen molar-refractivity contribution in [1.29, 1.82) is 0 Å². The van der Waals surface area contributed by atoms with Crippen molar-refractivity contribution in [3.8, 4) is 0 Å². The van der Waals surface area contributed by atoms with Gasteiger partial charge in [0.1, 0.15) is 0 Å². The molecule has 4 heteroatoms. The van der Waals surface area contributed by atoms with Crippen LogP contribution in [0.5, 0.6) is 0 Å². The van der Waals surface area contributed by atoms with Crippen molar-refractivity contribution in [2.45, 2.75) is 50.6 Å². The zero-order valence-corrected chi connectivity index (χ0v) is 9.59. The first-order chi connectivity index (χ1) is 6.61. The number of ether oxygens (including phenoxy) is 1. The Bertz CT molecular complexity index is 191. The van der Waals surface area contributed by atoms with Crippen LogP contribution in [0.1, 0.15) is 39.0 Å². The van der Waals surface area contributed by atoms with Crippen LogP contribution >= 0.6 is 11.6 Å². The van der Waals surface area contributed by atoms with Gasteiger partial charge in [0.25, 0.3) is 0 Å². The van der Waals surface area contributed by atoms with E-state index in [0.717, 1.165) is 12.8 Å². The lowest BCUT2D eigenvalue weighted by Gasteiger charge is -2.30. The summed E-state index contributed by atoms with van der Waals surface area (Å²) in [6.45, 7) is 1.65. The quantitative estimate of drug-likeness (QED) is 0.669. The van der Waals surface area contributed by atoms with Crippen LogP contribution in [-0.4, -0.2) is 29.6 Å². The zero-order chi connectivity index (χ0) is 10.6. The minimum Gasteiger partial charge on any atom is -0.430 e. The van der Waals surface area contributed by atoms with E-state index < -0.39 is 5.56 Å². The second-order valence-electron chi connectivity index (χ2n) is 3.83. The lowest BCUT2D eigenvalue weighted by Crippen LogP contribution is -2.39. The molecule has 0 saturated heterocycles. The maximum atomic E-state index is 11.5. The molecule has 0 heterocycles. The third-order valence-electron chi connectivity index (χ3n) is 2.67. The molecule has 0 radical (unpaired) electrons. The highest BCUT2D eigenvalue weighted by Gasteiger charge is 2.23. The highest BCUT2D eigenvalue weighted by atomic mass is 35.5. The SMILES string of the molecule is CC(Cl)OC(=O)N(C)C1CCCCC1. The van der Waals surface area contributed by atoms with Gasteiger partial charge >= 0.3 is 6.09 Å². The first-order valence-corrected chi connectivity index (χ1v) is 5.62. The fourth-order valence-electron chi connectivity index (χ4n) is 1.84. The molecule has 0 spiro atoms. The van der Waals surface area contributed by atoms with Gasteiger partial charge < -0.3 is 9.64 Å². The minimum atomic E-state index is -0.548. The summed E-state index contributed by atoms with van der Waals surface area (Å²) in [4.78, 5) is 13.2. The molecule has 3 nitrogen and oxygen atoms in total. The van der Waals surface area contributed by atoms with Gasteiger partial charge in [-0.1, -0.05) is 30.9 Å². The van der Waals surface area contributed by atoms with Gasteiger partial charge in [0.05, 0.1) is 0 Å². The average molecular weight is 220 g/mol. The molecule has 1 amide bonds. The number of carbonyl (C=O) groups is 1. The molecule has 0 aromatic rings. The van der Waals surface area contributed by atoms with Gasteiger partial charge in [0.15, 0.2) is 5.56 Å². The van der Waals surface area contributed by atoms with Gasteiger partial charge in [0, 0.05) is 13.1 Å². The number of amides is 1. The molecule has 0 aromatic heterocycles. The van der Waals surface area contributed by atoms with Crippen molar-refractivity contribution in [3.63, 3.8) is 0 Å². The summed E-state index contributed by atoms with van der Waals surface area (Å²) in [6, 6.07) is 0.340. The van der Waals surface area contributed by atoms with Crippen LogP contribution in [-0.2, 0) is 4.74 Å². The fourth-order valence-corrected chi connectivity index (χ4v) is 1.92. The number of halogens is 1. The van der Waals surface area contributed by atoms with Crippen molar-refractivity contribution in [1.82, 2.24) is 4.90 Å². The van der Waals surface area contributed by atoms with Crippen LogP contribution < -0.4 is 0 Å². The Hall–Kier alpha value is -0.440. The number of hydrogen-bond donors (Lipinski definition) is 0. The fraction of sp³-hybridized carbons (Fsp3) is 0.900. The molecule has 82 valence electrons. The summed E-state index contributed by atoms with van der Waals surface area (Å²) >= 11 is 5.59. The second-order valence-corrected chi connectivity index (χ2v) is 4.44. The van der Waals surface area contributed by atoms with Crippen LogP contribution in [0.15, 0.2) is 0 Å². The molecule has 1 aliphatic carbocycles. The smallest absolute Gasteiger partial charge is 0.411 e. The Morgan fingerprint density at radius 2 is 2.00 bits per heavy atom. The van der Waals surface area contributed by atoms with E-state index in [9.17, 15) is 4.79 Å². The second kappa shape index (κ2) is 5.44. The summed E-state index contributed by atoms with van der Waals surface area (Å²) in [5.74, 6) is 0. The first-order valence-electron chi connectivity index (χ1n) is 5.19. The standard InChI is InChI=1S/C10H18ClNO2/c1-8(11)14-10(13)12(2)9-6-4-3-5-7-9/h8-9H,3-7H2,1-2H3. The highest BCUT2D eigenvalue weighted by molar-refractivity contribution is 6.19. The molecule has 1 rings (SSSR count). The van der Waals surface area contributed by atoms with E-state index >= 15 is 0 Å². The number of carbonyl (C=O) groups excluding carboxylic acids is 1. The van der Waals surface area contributed by atoms with E-state index in [0.29, 0.717) is 6.04 Å². The molecular formula is C10H18ClNO2. The molecule has 1 aliphatic rings. The summed E-state index contributed by atoms with van der Waals surface area (Å²) in [5.41, 5.74) is -0.548. The number of nitrogens with zero attached hydrogens (tertiary/aromatic N) is 1. The third kappa shape index (κ3) is 3.37. The van der Waals surface area contributed by atoms with E-state index in [1.54, 1.807) is 18.9 Å². The average Bonchev–Trinajstić information content (AvgIpc) is 2.17. The van der Waals surface area contributed by atoms with Crippen LogP contribution in [0, 0.1) is 0 Å². The van der Waals surface area contributed by atoms with E-state index in [4.69, 9.17) is 16.3 Å². The van der Waals surface area contributed by atoms with Crippen molar-refractivity contribution >= 4 is 17.7 Å². The summed E-state index contributed by atoms with van der Waals surface area (Å²) in [5, 5.41) is 0. The predicted molar refractivity (Wildman–Crippen MR) is 56.4 cm³/mol. The van der Waals surface area contributed by atoms with Crippen LogP contribution in [0.2, 0.25) is 0 Å². The van der Waals surface area contributed by atoms with Crippen LogP contribution in [0.4, 0.5) is 4.79 Å². The zero-order valence-electron chi connectivity index (χ0n) is 8.83. The Labute approximate surface area is 90.4 Å². The molecule has 14 heavy (non-hydrogen) atoms. The molecule has 0 aromatic carbocycles. The topological polar surface area (TPSA) is 29.5 Å². The Balaban J connectivity index is 2.38. The Morgan fingerprint density at radius 3 is 2.50 bits per heavy atom. The van der Waals surface area contributed by atoms with Gasteiger partial charge in [-0.25, -0.2) is 4.79 Å². The van der Waals surface area contributed by atoms with E-state index in [1.165, 1.54) is 19.3 Å². The van der Waals surface area contributed by atoms with E-state index in [2.05, 4.69) is 0 Å². The van der Waals surface area contributed by atoms with E-state index in [-0.39, 0.29) is 6.09 Å². The largest absolute Gasteiger partial charge is 0.430 e. The molecule has 1 saturated carbocycles. The monoisotopic (exact) mass is 219 g/mol. The van der Waals surface area contributed by atoms with Gasteiger partial charge in [-0.3, -0.25) is 0 Å². The number of alkyl halides is 1. The van der Waals surface area contributed by atoms with Gasteiger partial charge in [-0.15, -0.1) is 0 Å². The van der Waals surface area contributed by atoms with Crippen molar-refractivity contribution in [2.75, 3.05) is 7.05 Å². The highest BCUT2D eigenvalue weighted by Crippen LogP contribution is 2.22. The maximum absolute atomic E-state index is 11.5. The molecule has 0 aliphatic heterocycles. The molecule has 0 bridgehead atoms. The molecular weight excluding hydrogens is 202 g/mol. The summed E-state index contributed by atoms with van der Waals surface area (Å²) < 4.78 is 4.92. The number of rotatable bonds is 2. The van der Waals surface area contributed by atoms with Crippen molar-refractivity contribution in [3.05, 3.63) is 0 Å². The summed E-state index contributed by atoms with van der Waals surface area (Å²) in [6.07, 6.45) is 5.56. The summed E-state index contributed by atoms with van der Waals surface area (Å²) in [7, 11) is 1.79. The van der Waals surface area contributed by atoms with Crippen LogP contribution in [0.25, 0.3) is 0 Å². The van der Waals surface area contributed by atoms with Gasteiger partial charge in [-0.05, 0) is 19.8 Å². The Kier molecular flexibility index (Phi) is 4.52. The van der Waals surface area contributed by atoms with E-state index in [1.807, 2.05) is 0 Å². The predicted octanol–water partition coefficient (Wildman–Crippen LogP) is 2.97.